The first-order chi connectivity index (χ1) is 10.0. The van der Waals surface area contributed by atoms with E-state index in [4.69, 9.17) is 10.5 Å². The van der Waals surface area contributed by atoms with E-state index >= 15 is 0 Å². The van der Waals surface area contributed by atoms with E-state index in [1.807, 2.05) is 12.1 Å². The molecule has 3 rings (SSSR count). The monoisotopic (exact) mass is 333 g/mol. The van der Waals surface area contributed by atoms with Crippen LogP contribution in [0.2, 0.25) is 0 Å². The van der Waals surface area contributed by atoms with Gasteiger partial charge in [0.05, 0.1) is 4.24 Å². The first kappa shape index (κ1) is 13.9. The van der Waals surface area contributed by atoms with Crippen molar-refractivity contribution in [3.05, 3.63) is 20.5 Å². The molecule has 2 aliphatic rings. The summed E-state index contributed by atoms with van der Waals surface area (Å²) >= 11 is 3.22. The van der Waals surface area contributed by atoms with Gasteiger partial charge in [0.25, 0.3) is 11.1 Å². The van der Waals surface area contributed by atoms with Gasteiger partial charge < -0.3 is 0 Å². The largest absolute Gasteiger partial charge is 0.293 e. The molecule has 0 bridgehead atoms. The van der Waals surface area contributed by atoms with E-state index in [2.05, 4.69) is 9.97 Å². The molecule has 3 heterocycles. The van der Waals surface area contributed by atoms with Gasteiger partial charge in [0.15, 0.2) is 11.4 Å². The third-order valence-electron chi connectivity index (χ3n) is 2.57. The van der Waals surface area contributed by atoms with E-state index in [0.29, 0.717) is 19.2 Å². The molecule has 1 saturated heterocycles. The Balaban J connectivity index is 2.04. The Morgan fingerprint density at radius 2 is 1.52 bits per heavy atom. The molecule has 102 valence electrons. The molecule has 10 heteroatoms. The standard InChI is InChI=1S/C11H3N5O2S3/c1-16-9(17)6(19-11(16)18)10-20-7-8(21-10)15-5(3-13)4(2-12)14-7/h1H3. The van der Waals surface area contributed by atoms with Gasteiger partial charge in [-0.05, 0) is 11.8 Å². The molecule has 1 aromatic heterocycles. The number of carbonyl (C=O) groups is 2. The van der Waals surface area contributed by atoms with Crippen molar-refractivity contribution in [3.63, 3.8) is 0 Å². The average Bonchev–Trinajstić information content (AvgIpc) is 3.01. The van der Waals surface area contributed by atoms with Crippen molar-refractivity contribution in [1.29, 1.82) is 10.5 Å². The lowest BCUT2D eigenvalue weighted by Crippen LogP contribution is -2.22. The zero-order valence-electron chi connectivity index (χ0n) is 10.3. The number of aromatic nitrogens is 2. The number of amides is 2. The van der Waals surface area contributed by atoms with Gasteiger partial charge in [0, 0.05) is 7.05 Å². The molecule has 1 fully saturated rings. The molecule has 0 aromatic carbocycles. The summed E-state index contributed by atoms with van der Waals surface area (Å²) in [4.78, 5) is 33.0. The third kappa shape index (κ3) is 2.17. The van der Waals surface area contributed by atoms with Crippen LogP contribution in [0.3, 0.4) is 0 Å². The molecule has 0 atom stereocenters. The molecule has 2 amide bonds. The fourth-order valence-corrected chi connectivity index (χ4v) is 4.89. The van der Waals surface area contributed by atoms with Gasteiger partial charge in [-0.15, -0.1) is 0 Å². The molecule has 0 spiro atoms. The van der Waals surface area contributed by atoms with Crippen LogP contribution in [0.5, 0.6) is 0 Å². The quantitative estimate of drug-likeness (QED) is 0.657. The summed E-state index contributed by atoms with van der Waals surface area (Å²) in [7, 11) is 1.42. The van der Waals surface area contributed by atoms with Gasteiger partial charge in [-0.25, -0.2) is 9.97 Å². The Morgan fingerprint density at radius 1 is 1.00 bits per heavy atom. The van der Waals surface area contributed by atoms with Crippen LogP contribution in [-0.4, -0.2) is 33.1 Å². The van der Waals surface area contributed by atoms with Crippen molar-refractivity contribution < 1.29 is 9.59 Å². The number of thioether (sulfide) groups is 3. The van der Waals surface area contributed by atoms with Crippen molar-refractivity contribution in [2.75, 3.05) is 7.05 Å². The van der Waals surface area contributed by atoms with Crippen molar-refractivity contribution in [3.8, 4) is 12.1 Å². The summed E-state index contributed by atoms with van der Waals surface area (Å²) in [5.74, 6) is -0.367. The molecule has 1 aromatic rings. The van der Waals surface area contributed by atoms with E-state index in [1.54, 1.807) is 0 Å². The number of imide groups is 1. The summed E-state index contributed by atoms with van der Waals surface area (Å²) in [5, 5.41) is 18.5. The Morgan fingerprint density at radius 3 is 1.90 bits per heavy atom. The van der Waals surface area contributed by atoms with Crippen molar-refractivity contribution >= 4 is 46.4 Å². The van der Waals surface area contributed by atoms with Crippen molar-refractivity contribution in [2.24, 2.45) is 0 Å². The summed E-state index contributed by atoms with van der Waals surface area (Å²) in [6, 6.07) is 3.63. The van der Waals surface area contributed by atoms with E-state index < -0.39 is 0 Å². The van der Waals surface area contributed by atoms with Gasteiger partial charge in [-0.2, -0.15) is 10.5 Å². The fraction of sp³-hybridized carbons (Fsp3) is 0.0909. The van der Waals surface area contributed by atoms with Gasteiger partial charge in [0.2, 0.25) is 0 Å². The van der Waals surface area contributed by atoms with Gasteiger partial charge in [0.1, 0.15) is 27.1 Å². The molecule has 0 N–H and O–H groups in total. The lowest BCUT2D eigenvalue weighted by molar-refractivity contribution is -0.121. The predicted octanol–water partition coefficient (Wildman–Crippen LogP) is 1.91. The van der Waals surface area contributed by atoms with Gasteiger partial charge in [-0.1, -0.05) is 23.5 Å². The van der Waals surface area contributed by atoms with Crippen LogP contribution in [0.15, 0.2) is 19.2 Å². The van der Waals surface area contributed by atoms with Crippen LogP contribution in [-0.2, 0) is 4.79 Å². The Kier molecular flexibility index (Phi) is 3.37. The van der Waals surface area contributed by atoms with Crippen LogP contribution >= 0.6 is 35.3 Å². The zero-order chi connectivity index (χ0) is 15.1. The topological polar surface area (TPSA) is 111 Å². The molecule has 7 nitrogen and oxygen atoms in total. The first-order valence-corrected chi connectivity index (χ1v) is 7.82. The van der Waals surface area contributed by atoms with Crippen LogP contribution in [0.1, 0.15) is 11.4 Å². The molecule has 0 saturated carbocycles. The lowest BCUT2D eigenvalue weighted by Gasteiger charge is -2.01. The molecule has 21 heavy (non-hydrogen) atoms. The maximum Gasteiger partial charge on any atom is 0.293 e. The molecular weight excluding hydrogens is 330 g/mol. The summed E-state index contributed by atoms with van der Waals surface area (Å²) in [5.41, 5.74) is -0.0941. The third-order valence-corrected chi connectivity index (χ3v) is 6.23. The predicted molar refractivity (Wildman–Crippen MR) is 76.0 cm³/mol. The number of nitriles is 2. The first-order valence-electron chi connectivity index (χ1n) is 5.37. The number of hydrogen-bond donors (Lipinski definition) is 0. The second kappa shape index (κ2) is 5.07. The molecule has 0 radical (unpaired) electrons. The number of rotatable bonds is 0. The summed E-state index contributed by atoms with van der Waals surface area (Å²) in [6.45, 7) is 0. The van der Waals surface area contributed by atoms with Gasteiger partial charge >= 0.3 is 0 Å². The second-order valence-corrected chi connectivity index (χ2v) is 7.03. The molecule has 2 aliphatic heterocycles. The highest BCUT2D eigenvalue weighted by Gasteiger charge is 2.37. The highest BCUT2D eigenvalue weighted by molar-refractivity contribution is 8.27. The fourth-order valence-electron chi connectivity index (χ4n) is 1.55. The summed E-state index contributed by atoms with van der Waals surface area (Å²) < 4.78 is 0.594. The highest BCUT2D eigenvalue weighted by atomic mass is 32.2. The Bertz CT molecular complexity index is 775. The van der Waals surface area contributed by atoms with Crippen molar-refractivity contribution in [1.82, 2.24) is 14.9 Å². The van der Waals surface area contributed by atoms with Crippen LogP contribution in [0.25, 0.3) is 0 Å². The SMILES string of the molecule is CN1C(=O)SC(=C2Sc3nc(C#N)c(C#N)nc3S2)C1=O. The van der Waals surface area contributed by atoms with E-state index in [-0.39, 0.29) is 22.5 Å². The Labute approximate surface area is 131 Å². The van der Waals surface area contributed by atoms with Crippen molar-refractivity contribution in [2.45, 2.75) is 10.1 Å². The van der Waals surface area contributed by atoms with Crippen LogP contribution in [0, 0.1) is 22.7 Å². The zero-order valence-corrected chi connectivity index (χ0v) is 12.7. The number of likely N-dealkylation sites (N-methyl/N-ethyl adjacent to an activating group) is 1. The molecule has 0 aliphatic carbocycles. The highest BCUT2D eigenvalue weighted by Crippen LogP contribution is 2.53. The van der Waals surface area contributed by atoms with E-state index in [9.17, 15) is 9.59 Å². The summed E-state index contributed by atoms with van der Waals surface area (Å²) in [6.07, 6.45) is 0. The lowest BCUT2D eigenvalue weighted by atomic mass is 10.3. The minimum Gasteiger partial charge on any atom is -0.272 e. The minimum absolute atomic E-state index is 0.0470. The van der Waals surface area contributed by atoms with E-state index in [1.165, 1.54) is 30.6 Å². The normalized spacial score (nSPS) is 17.0. The minimum atomic E-state index is -0.367. The van der Waals surface area contributed by atoms with Crippen LogP contribution < -0.4 is 0 Å². The Hall–Kier alpha value is -2.01. The smallest absolute Gasteiger partial charge is 0.272 e. The molecule has 0 unspecified atom stereocenters. The van der Waals surface area contributed by atoms with Gasteiger partial charge in [-0.3, -0.25) is 14.5 Å². The maximum atomic E-state index is 12.0. The maximum absolute atomic E-state index is 12.0. The van der Waals surface area contributed by atoms with Crippen LogP contribution in [0.4, 0.5) is 4.79 Å². The number of fused-ring (bicyclic) bond motifs is 1. The molecular formula is C11H3N5O2S3. The number of nitrogens with zero attached hydrogens (tertiary/aromatic N) is 5. The number of carbonyl (C=O) groups excluding carboxylic acids is 2. The van der Waals surface area contributed by atoms with E-state index in [0.717, 1.165) is 16.7 Å². The number of hydrogen-bond acceptors (Lipinski definition) is 9. The average molecular weight is 333 g/mol. The second-order valence-electron chi connectivity index (χ2n) is 3.81.